The Labute approximate surface area is 129 Å². The molecule has 0 fully saturated rings. The van der Waals surface area contributed by atoms with Gasteiger partial charge in [-0.1, -0.05) is 23.7 Å². The topological polar surface area (TPSA) is 33.7 Å². The molecule has 0 atom stereocenters. The van der Waals surface area contributed by atoms with Gasteiger partial charge in [0, 0.05) is 20.6 Å². The molecule has 21 heavy (non-hydrogen) atoms. The molecule has 0 saturated carbocycles. The quantitative estimate of drug-likeness (QED) is 0.933. The van der Waals surface area contributed by atoms with Crippen LogP contribution in [0, 0.1) is 0 Å². The zero-order valence-electron chi connectivity index (χ0n) is 12.0. The van der Waals surface area contributed by atoms with Crippen molar-refractivity contribution in [3.8, 4) is 11.5 Å². The molecular weight excluding hydrogens is 288 g/mol. The summed E-state index contributed by atoms with van der Waals surface area (Å²) < 4.78 is 10.7. The van der Waals surface area contributed by atoms with Gasteiger partial charge in [-0.05, 0) is 29.8 Å². The number of fused-ring (bicyclic) bond motifs is 1. The molecule has 0 bridgehead atoms. The number of rotatable bonds is 4. The van der Waals surface area contributed by atoms with Gasteiger partial charge >= 0.3 is 0 Å². The van der Waals surface area contributed by atoms with Gasteiger partial charge in [0.25, 0.3) is 0 Å². The molecule has 5 heteroatoms. The van der Waals surface area contributed by atoms with Crippen LogP contribution >= 0.6 is 11.6 Å². The second kappa shape index (κ2) is 5.74. The molecule has 4 nitrogen and oxygen atoms in total. The highest BCUT2D eigenvalue weighted by Gasteiger charge is 2.18. The molecule has 0 aromatic heterocycles. The van der Waals surface area contributed by atoms with E-state index in [0.717, 1.165) is 16.9 Å². The second-order valence-electron chi connectivity index (χ2n) is 5.08. The molecule has 2 aromatic rings. The minimum atomic E-state index is 0.232. The van der Waals surface area contributed by atoms with Crippen LogP contribution in [0.5, 0.6) is 11.5 Å². The van der Waals surface area contributed by atoms with E-state index in [4.69, 9.17) is 21.1 Å². The lowest BCUT2D eigenvalue weighted by Gasteiger charge is -2.18. The fourth-order valence-corrected chi connectivity index (χ4v) is 2.62. The third kappa shape index (κ3) is 2.85. The molecule has 110 valence electrons. The Kier molecular flexibility index (Phi) is 3.80. The molecular formula is C16H17ClN2O2. The first-order valence-electron chi connectivity index (χ1n) is 6.73. The zero-order chi connectivity index (χ0) is 14.8. The van der Waals surface area contributed by atoms with Gasteiger partial charge in [-0.3, -0.25) is 0 Å². The largest absolute Gasteiger partial charge is 0.454 e. The van der Waals surface area contributed by atoms with E-state index in [0.29, 0.717) is 23.1 Å². The minimum Gasteiger partial charge on any atom is -0.454 e. The monoisotopic (exact) mass is 304 g/mol. The van der Waals surface area contributed by atoms with Gasteiger partial charge in [-0.15, -0.1) is 0 Å². The number of ether oxygens (including phenoxy) is 2. The lowest BCUT2D eigenvalue weighted by atomic mass is 10.2. The molecule has 1 N–H and O–H groups in total. The maximum atomic E-state index is 6.20. The molecule has 1 aliphatic heterocycles. The van der Waals surface area contributed by atoms with Crippen molar-refractivity contribution < 1.29 is 9.47 Å². The summed E-state index contributed by atoms with van der Waals surface area (Å²) in [6.07, 6.45) is 0. The van der Waals surface area contributed by atoms with E-state index in [2.05, 4.69) is 22.3 Å². The third-order valence-corrected chi connectivity index (χ3v) is 3.64. The summed E-state index contributed by atoms with van der Waals surface area (Å²) in [5.41, 5.74) is 3.28. The van der Waals surface area contributed by atoms with Gasteiger partial charge in [0.2, 0.25) is 6.79 Å². The molecule has 3 rings (SSSR count). The van der Waals surface area contributed by atoms with Crippen LogP contribution in [0.3, 0.4) is 0 Å². The fraction of sp³-hybridized carbons (Fsp3) is 0.250. The van der Waals surface area contributed by atoms with Crippen LogP contribution < -0.4 is 19.7 Å². The summed E-state index contributed by atoms with van der Waals surface area (Å²) in [6, 6.07) is 12.0. The van der Waals surface area contributed by atoms with Gasteiger partial charge in [0.05, 0.1) is 16.4 Å². The smallest absolute Gasteiger partial charge is 0.231 e. The Balaban J connectivity index is 1.78. The first-order chi connectivity index (χ1) is 10.1. The third-order valence-electron chi connectivity index (χ3n) is 3.36. The number of anilines is 2. The van der Waals surface area contributed by atoms with Crippen LogP contribution in [-0.2, 0) is 6.54 Å². The van der Waals surface area contributed by atoms with Crippen molar-refractivity contribution in [3.63, 3.8) is 0 Å². The summed E-state index contributed by atoms with van der Waals surface area (Å²) in [6.45, 7) is 0.899. The Morgan fingerprint density at radius 3 is 2.81 bits per heavy atom. The first kappa shape index (κ1) is 13.9. The fourth-order valence-electron chi connectivity index (χ4n) is 2.33. The number of hydrogen-bond donors (Lipinski definition) is 1. The number of para-hydroxylation sites is 2. The highest BCUT2D eigenvalue weighted by Crippen LogP contribution is 2.40. The standard InChI is InChI=1S/C16H17ClN2O2/c1-19(2)14-6-4-3-5-13(14)18-9-11-7-12(17)16-15(8-11)20-10-21-16/h3-8,18H,9-10H2,1-2H3. The number of hydrogen-bond acceptors (Lipinski definition) is 4. The minimum absolute atomic E-state index is 0.232. The lowest BCUT2D eigenvalue weighted by molar-refractivity contribution is 0.174. The predicted molar refractivity (Wildman–Crippen MR) is 85.7 cm³/mol. The molecule has 2 aromatic carbocycles. The van der Waals surface area contributed by atoms with E-state index in [9.17, 15) is 0 Å². The van der Waals surface area contributed by atoms with E-state index in [1.807, 2.05) is 38.4 Å². The maximum absolute atomic E-state index is 6.20. The number of benzene rings is 2. The molecule has 0 saturated heterocycles. The zero-order valence-corrected chi connectivity index (χ0v) is 12.8. The van der Waals surface area contributed by atoms with Crippen LogP contribution in [0.2, 0.25) is 5.02 Å². The van der Waals surface area contributed by atoms with Gasteiger partial charge in [-0.25, -0.2) is 0 Å². The van der Waals surface area contributed by atoms with Crippen molar-refractivity contribution >= 4 is 23.0 Å². The highest BCUT2D eigenvalue weighted by molar-refractivity contribution is 6.32. The van der Waals surface area contributed by atoms with Crippen molar-refractivity contribution in [2.45, 2.75) is 6.54 Å². The van der Waals surface area contributed by atoms with Crippen molar-refractivity contribution in [1.82, 2.24) is 0 Å². The van der Waals surface area contributed by atoms with Crippen molar-refractivity contribution in [1.29, 1.82) is 0 Å². The van der Waals surface area contributed by atoms with Crippen LogP contribution in [0.25, 0.3) is 0 Å². The van der Waals surface area contributed by atoms with Gasteiger partial charge in [0.1, 0.15) is 0 Å². The van der Waals surface area contributed by atoms with Gasteiger partial charge in [-0.2, -0.15) is 0 Å². The molecule has 0 unspecified atom stereocenters. The van der Waals surface area contributed by atoms with Crippen LogP contribution in [0.1, 0.15) is 5.56 Å². The molecule has 0 amide bonds. The molecule has 1 heterocycles. The highest BCUT2D eigenvalue weighted by atomic mass is 35.5. The van der Waals surface area contributed by atoms with E-state index in [-0.39, 0.29) is 6.79 Å². The predicted octanol–water partition coefficient (Wildman–Crippen LogP) is 3.75. The Hall–Kier alpha value is -2.07. The number of halogens is 1. The van der Waals surface area contributed by atoms with Crippen molar-refractivity contribution in [3.05, 3.63) is 47.0 Å². The van der Waals surface area contributed by atoms with E-state index in [1.165, 1.54) is 0 Å². The lowest BCUT2D eigenvalue weighted by Crippen LogP contribution is -2.12. The van der Waals surface area contributed by atoms with Crippen molar-refractivity contribution in [2.75, 3.05) is 31.1 Å². The molecule has 0 aliphatic carbocycles. The molecule has 1 aliphatic rings. The number of nitrogens with zero attached hydrogens (tertiary/aromatic N) is 1. The molecule has 0 spiro atoms. The average molecular weight is 305 g/mol. The summed E-state index contributed by atoms with van der Waals surface area (Å²) in [7, 11) is 4.05. The van der Waals surface area contributed by atoms with Crippen LogP contribution in [0.15, 0.2) is 36.4 Å². The Morgan fingerprint density at radius 1 is 1.19 bits per heavy atom. The first-order valence-corrected chi connectivity index (χ1v) is 7.11. The van der Waals surface area contributed by atoms with E-state index < -0.39 is 0 Å². The summed E-state index contributed by atoms with van der Waals surface area (Å²) >= 11 is 6.20. The SMILES string of the molecule is CN(C)c1ccccc1NCc1cc(Cl)c2c(c1)OCO2. The Morgan fingerprint density at radius 2 is 2.00 bits per heavy atom. The van der Waals surface area contributed by atoms with Crippen molar-refractivity contribution in [2.24, 2.45) is 0 Å². The summed E-state index contributed by atoms with van der Waals surface area (Å²) in [4.78, 5) is 2.08. The van der Waals surface area contributed by atoms with E-state index >= 15 is 0 Å². The summed E-state index contributed by atoms with van der Waals surface area (Å²) in [5, 5.41) is 4.02. The number of nitrogens with one attached hydrogen (secondary N) is 1. The second-order valence-corrected chi connectivity index (χ2v) is 5.48. The van der Waals surface area contributed by atoms with E-state index in [1.54, 1.807) is 0 Å². The van der Waals surface area contributed by atoms with Crippen LogP contribution in [0.4, 0.5) is 11.4 Å². The van der Waals surface area contributed by atoms with Crippen LogP contribution in [-0.4, -0.2) is 20.9 Å². The average Bonchev–Trinajstić information content (AvgIpc) is 2.94. The van der Waals surface area contributed by atoms with Gasteiger partial charge < -0.3 is 19.7 Å². The molecule has 0 radical (unpaired) electrons. The van der Waals surface area contributed by atoms with Gasteiger partial charge in [0.15, 0.2) is 11.5 Å². The normalized spacial score (nSPS) is 12.3. The Bertz CT molecular complexity index is 659. The summed E-state index contributed by atoms with van der Waals surface area (Å²) in [5.74, 6) is 1.34. The maximum Gasteiger partial charge on any atom is 0.231 e.